The van der Waals surface area contributed by atoms with Crippen molar-refractivity contribution in [1.29, 1.82) is 0 Å². The molecule has 2 rings (SSSR count). The van der Waals surface area contributed by atoms with E-state index in [9.17, 15) is 9.59 Å². The lowest BCUT2D eigenvalue weighted by atomic mass is 10.2. The molecule has 0 radical (unpaired) electrons. The molecule has 2 amide bonds. The molecule has 1 unspecified atom stereocenters. The Bertz CT molecular complexity index is 628. The number of hydrogen-bond acceptors (Lipinski definition) is 3. The van der Waals surface area contributed by atoms with Crippen molar-refractivity contribution in [2.75, 3.05) is 6.54 Å². The van der Waals surface area contributed by atoms with Gasteiger partial charge < -0.3 is 10.6 Å². The van der Waals surface area contributed by atoms with E-state index >= 15 is 0 Å². The van der Waals surface area contributed by atoms with Gasteiger partial charge in [-0.1, -0.05) is 17.7 Å². The summed E-state index contributed by atoms with van der Waals surface area (Å²) in [6.07, 6.45) is 3.34. The first-order chi connectivity index (χ1) is 10.1. The summed E-state index contributed by atoms with van der Waals surface area (Å²) in [5, 5.41) is 12.3. The highest BCUT2D eigenvalue weighted by Gasteiger charge is 2.12. The number of nitrogens with zero attached hydrogens (tertiary/aromatic N) is 1. The van der Waals surface area contributed by atoms with Crippen molar-refractivity contribution in [1.82, 2.24) is 20.8 Å². The quantitative estimate of drug-likeness (QED) is 0.785. The standard InChI is InChI=1S/C14H15ClN4O2/c1-9(11-6-17-18-7-11)19-13(20)8-16-14(21)10-3-2-4-12(15)5-10/h2-7,9H,8H2,1H3,(H,16,21)(H,17,18)(H,19,20). The monoisotopic (exact) mass is 306 g/mol. The number of aromatic nitrogens is 2. The van der Waals surface area contributed by atoms with Gasteiger partial charge in [0.15, 0.2) is 0 Å². The third-order valence-corrected chi connectivity index (χ3v) is 3.13. The highest BCUT2D eigenvalue weighted by molar-refractivity contribution is 6.30. The fourth-order valence-corrected chi connectivity index (χ4v) is 1.96. The van der Waals surface area contributed by atoms with E-state index < -0.39 is 0 Å². The Balaban J connectivity index is 1.82. The molecule has 0 aliphatic rings. The molecular formula is C14H15ClN4O2. The van der Waals surface area contributed by atoms with E-state index in [0.717, 1.165) is 5.56 Å². The number of rotatable bonds is 5. The van der Waals surface area contributed by atoms with E-state index in [2.05, 4.69) is 20.8 Å². The van der Waals surface area contributed by atoms with E-state index in [4.69, 9.17) is 11.6 Å². The molecule has 0 saturated heterocycles. The number of aromatic amines is 1. The molecule has 1 heterocycles. The minimum atomic E-state index is -0.344. The highest BCUT2D eigenvalue weighted by Crippen LogP contribution is 2.10. The molecule has 0 fully saturated rings. The summed E-state index contributed by atoms with van der Waals surface area (Å²) in [6, 6.07) is 6.35. The third-order valence-electron chi connectivity index (χ3n) is 2.89. The number of nitrogens with one attached hydrogen (secondary N) is 3. The largest absolute Gasteiger partial charge is 0.348 e. The van der Waals surface area contributed by atoms with Gasteiger partial charge in [-0.2, -0.15) is 5.10 Å². The molecular weight excluding hydrogens is 292 g/mol. The molecule has 110 valence electrons. The maximum absolute atomic E-state index is 11.9. The maximum atomic E-state index is 11.9. The zero-order valence-electron chi connectivity index (χ0n) is 11.4. The van der Waals surface area contributed by atoms with Crippen LogP contribution < -0.4 is 10.6 Å². The summed E-state index contributed by atoms with van der Waals surface area (Å²) in [4.78, 5) is 23.6. The SMILES string of the molecule is CC(NC(=O)CNC(=O)c1cccc(Cl)c1)c1cn[nH]c1. The van der Waals surface area contributed by atoms with Gasteiger partial charge in [0, 0.05) is 22.3 Å². The predicted octanol–water partition coefficient (Wildman–Crippen LogP) is 1.67. The van der Waals surface area contributed by atoms with Crippen molar-refractivity contribution in [2.24, 2.45) is 0 Å². The van der Waals surface area contributed by atoms with Crippen molar-refractivity contribution >= 4 is 23.4 Å². The first kappa shape index (κ1) is 15.1. The summed E-state index contributed by atoms with van der Waals surface area (Å²) in [5.74, 6) is -0.623. The molecule has 21 heavy (non-hydrogen) atoms. The van der Waals surface area contributed by atoms with Crippen molar-refractivity contribution < 1.29 is 9.59 Å². The summed E-state index contributed by atoms with van der Waals surface area (Å²) >= 11 is 5.81. The number of carbonyl (C=O) groups excluding carboxylic acids is 2. The van der Waals surface area contributed by atoms with Crippen LogP contribution in [0.1, 0.15) is 28.9 Å². The first-order valence-electron chi connectivity index (χ1n) is 6.38. The Kier molecular flexibility index (Phi) is 4.94. The molecule has 0 saturated carbocycles. The summed E-state index contributed by atoms with van der Waals surface area (Å²) in [6.45, 7) is 1.73. The number of amides is 2. The molecule has 1 aromatic carbocycles. The van der Waals surface area contributed by atoms with E-state index in [0.29, 0.717) is 10.6 Å². The molecule has 1 atom stereocenters. The zero-order chi connectivity index (χ0) is 15.2. The molecule has 0 aliphatic carbocycles. The van der Waals surface area contributed by atoms with Crippen LogP contribution in [0, 0.1) is 0 Å². The Morgan fingerprint density at radius 1 is 1.43 bits per heavy atom. The number of H-pyrrole nitrogens is 1. The zero-order valence-corrected chi connectivity index (χ0v) is 12.1. The van der Waals surface area contributed by atoms with Crippen LogP contribution in [0.2, 0.25) is 5.02 Å². The average Bonchev–Trinajstić information content (AvgIpc) is 2.99. The van der Waals surface area contributed by atoms with Gasteiger partial charge in [-0.15, -0.1) is 0 Å². The molecule has 0 bridgehead atoms. The molecule has 7 heteroatoms. The van der Waals surface area contributed by atoms with Gasteiger partial charge >= 0.3 is 0 Å². The van der Waals surface area contributed by atoms with Crippen LogP contribution in [0.15, 0.2) is 36.7 Å². The Morgan fingerprint density at radius 3 is 2.90 bits per heavy atom. The van der Waals surface area contributed by atoms with E-state index in [1.54, 1.807) is 36.7 Å². The highest BCUT2D eigenvalue weighted by atomic mass is 35.5. The van der Waals surface area contributed by atoms with E-state index in [-0.39, 0.29) is 24.4 Å². The van der Waals surface area contributed by atoms with Gasteiger partial charge in [-0.25, -0.2) is 0 Å². The Labute approximate surface area is 126 Å². The molecule has 0 aliphatic heterocycles. The summed E-state index contributed by atoms with van der Waals surface area (Å²) in [7, 11) is 0. The summed E-state index contributed by atoms with van der Waals surface area (Å²) in [5.41, 5.74) is 1.28. The molecule has 3 N–H and O–H groups in total. The van der Waals surface area contributed by atoms with Crippen LogP contribution in [0.5, 0.6) is 0 Å². The van der Waals surface area contributed by atoms with Crippen LogP contribution in [-0.4, -0.2) is 28.6 Å². The van der Waals surface area contributed by atoms with Gasteiger partial charge in [0.05, 0.1) is 18.8 Å². The normalized spacial score (nSPS) is 11.7. The van der Waals surface area contributed by atoms with Gasteiger partial charge in [-0.05, 0) is 25.1 Å². The molecule has 6 nitrogen and oxygen atoms in total. The predicted molar refractivity (Wildman–Crippen MR) is 78.9 cm³/mol. The second kappa shape index (κ2) is 6.90. The second-order valence-electron chi connectivity index (χ2n) is 4.51. The van der Waals surface area contributed by atoms with Crippen molar-refractivity contribution in [3.05, 3.63) is 52.8 Å². The van der Waals surface area contributed by atoms with Gasteiger partial charge in [-0.3, -0.25) is 14.7 Å². The topological polar surface area (TPSA) is 86.9 Å². The van der Waals surface area contributed by atoms with Crippen LogP contribution in [0.3, 0.4) is 0 Å². The van der Waals surface area contributed by atoms with Crippen molar-refractivity contribution in [2.45, 2.75) is 13.0 Å². The third kappa shape index (κ3) is 4.32. The first-order valence-corrected chi connectivity index (χ1v) is 6.76. The molecule has 0 spiro atoms. The number of benzene rings is 1. The number of carbonyl (C=O) groups is 2. The van der Waals surface area contributed by atoms with E-state index in [1.807, 2.05) is 6.92 Å². The van der Waals surface area contributed by atoms with Crippen LogP contribution in [-0.2, 0) is 4.79 Å². The smallest absolute Gasteiger partial charge is 0.251 e. The minimum Gasteiger partial charge on any atom is -0.348 e. The minimum absolute atomic E-state index is 0.104. The lowest BCUT2D eigenvalue weighted by Gasteiger charge is -2.12. The van der Waals surface area contributed by atoms with Gasteiger partial charge in [0.1, 0.15) is 0 Å². The van der Waals surface area contributed by atoms with Crippen molar-refractivity contribution in [3.63, 3.8) is 0 Å². The fourth-order valence-electron chi connectivity index (χ4n) is 1.77. The molecule has 1 aromatic heterocycles. The van der Waals surface area contributed by atoms with E-state index in [1.165, 1.54) is 0 Å². The van der Waals surface area contributed by atoms with Crippen LogP contribution >= 0.6 is 11.6 Å². The Morgan fingerprint density at radius 2 is 2.24 bits per heavy atom. The van der Waals surface area contributed by atoms with Crippen LogP contribution in [0.25, 0.3) is 0 Å². The lowest BCUT2D eigenvalue weighted by molar-refractivity contribution is -0.120. The number of halogens is 1. The Hall–Kier alpha value is -2.34. The average molecular weight is 307 g/mol. The van der Waals surface area contributed by atoms with Crippen LogP contribution in [0.4, 0.5) is 0 Å². The molecule has 2 aromatic rings. The summed E-state index contributed by atoms with van der Waals surface area (Å²) < 4.78 is 0. The lowest BCUT2D eigenvalue weighted by Crippen LogP contribution is -2.37. The van der Waals surface area contributed by atoms with Gasteiger partial charge in [0.2, 0.25) is 5.91 Å². The maximum Gasteiger partial charge on any atom is 0.251 e. The van der Waals surface area contributed by atoms with Crippen molar-refractivity contribution in [3.8, 4) is 0 Å². The number of hydrogen-bond donors (Lipinski definition) is 3. The second-order valence-corrected chi connectivity index (χ2v) is 4.95. The van der Waals surface area contributed by atoms with Gasteiger partial charge in [0.25, 0.3) is 5.91 Å². The fraction of sp³-hybridized carbons (Fsp3) is 0.214.